The predicted octanol–water partition coefficient (Wildman–Crippen LogP) is 2.94. The van der Waals surface area contributed by atoms with Crippen LogP contribution in [0.3, 0.4) is 0 Å². The average molecular weight is 313 g/mol. The molecule has 2 rings (SSSR count). The summed E-state index contributed by atoms with van der Waals surface area (Å²) in [4.78, 5) is 22.0. The molecule has 0 saturated carbocycles. The van der Waals surface area contributed by atoms with Crippen LogP contribution >= 0.6 is 11.6 Å². The normalized spacial score (nSPS) is 19.2. The molecule has 1 amide bonds. The Morgan fingerprint density at radius 3 is 2.95 bits per heavy atom. The number of anilines is 1. The van der Waals surface area contributed by atoms with Gasteiger partial charge in [-0.25, -0.2) is 14.8 Å². The zero-order chi connectivity index (χ0) is 15.5. The molecule has 1 aliphatic heterocycles. The first-order valence-corrected chi connectivity index (χ1v) is 7.44. The first kappa shape index (κ1) is 15.8. The smallest absolute Gasteiger partial charge is 0.410 e. The molecular weight excluding hydrogens is 292 g/mol. The number of halogens is 1. The summed E-state index contributed by atoms with van der Waals surface area (Å²) in [5.74, 6) is 0.485. The van der Waals surface area contributed by atoms with Gasteiger partial charge in [-0.2, -0.15) is 0 Å². The number of ether oxygens (including phenoxy) is 1. The van der Waals surface area contributed by atoms with Gasteiger partial charge >= 0.3 is 6.09 Å². The van der Waals surface area contributed by atoms with E-state index in [2.05, 4.69) is 15.3 Å². The van der Waals surface area contributed by atoms with Gasteiger partial charge in [0.25, 0.3) is 0 Å². The number of likely N-dealkylation sites (tertiary alicyclic amines) is 1. The number of carbonyl (C=O) groups is 1. The highest BCUT2D eigenvalue weighted by molar-refractivity contribution is 6.29. The topological polar surface area (TPSA) is 67.3 Å². The Hall–Kier alpha value is -1.56. The van der Waals surface area contributed by atoms with Gasteiger partial charge in [-0.05, 0) is 39.7 Å². The second kappa shape index (κ2) is 6.47. The molecule has 0 radical (unpaired) electrons. The zero-order valence-corrected chi connectivity index (χ0v) is 13.4. The summed E-state index contributed by atoms with van der Waals surface area (Å²) in [5, 5.41) is 3.61. The van der Waals surface area contributed by atoms with Gasteiger partial charge in [0.15, 0.2) is 0 Å². The summed E-state index contributed by atoms with van der Waals surface area (Å²) in [6.45, 7) is 6.88. The molecule has 1 fully saturated rings. The number of nitrogens with zero attached hydrogens (tertiary/aromatic N) is 3. The second-order valence-corrected chi connectivity index (χ2v) is 6.50. The van der Waals surface area contributed by atoms with Crippen LogP contribution in [0.25, 0.3) is 0 Å². The maximum atomic E-state index is 12.1. The summed E-state index contributed by atoms with van der Waals surface area (Å²) in [6.07, 6.45) is 3.19. The molecule has 0 aliphatic carbocycles. The lowest BCUT2D eigenvalue weighted by Gasteiger charge is -2.34. The number of amides is 1. The fraction of sp³-hybridized carbons (Fsp3) is 0.643. The maximum absolute atomic E-state index is 12.1. The van der Waals surface area contributed by atoms with E-state index in [4.69, 9.17) is 16.3 Å². The molecule has 7 heteroatoms. The van der Waals surface area contributed by atoms with E-state index in [1.807, 2.05) is 20.8 Å². The molecule has 1 aromatic rings. The Bertz CT molecular complexity index is 504. The minimum Gasteiger partial charge on any atom is -0.444 e. The lowest BCUT2D eigenvalue weighted by atomic mass is 10.1. The van der Waals surface area contributed by atoms with Gasteiger partial charge in [-0.1, -0.05) is 11.6 Å². The highest BCUT2D eigenvalue weighted by atomic mass is 35.5. The van der Waals surface area contributed by atoms with Crippen molar-refractivity contribution in [3.63, 3.8) is 0 Å². The Balaban J connectivity index is 1.93. The van der Waals surface area contributed by atoms with Crippen molar-refractivity contribution in [3.05, 3.63) is 17.4 Å². The molecule has 1 aliphatic rings. The third-order valence-corrected chi connectivity index (χ3v) is 3.24. The number of carbonyl (C=O) groups excluding carboxylic acids is 1. The van der Waals surface area contributed by atoms with E-state index in [-0.39, 0.29) is 12.1 Å². The van der Waals surface area contributed by atoms with E-state index in [0.717, 1.165) is 12.8 Å². The molecule has 2 heterocycles. The molecule has 0 unspecified atom stereocenters. The molecule has 0 bridgehead atoms. The number of nitrogens with one attached hydrogen (secondary N) is 1. The second-order valence-electron chi connectivity index (χ2n) is 6.11. The number of aromatic nitrogens is 2. The lowest BCUT2D eigenvalue weighted by Crippen LogP contribution is -2.47. The Morgan fingerprint density at radius 2 is 2.29 bits per heavy atom. The van der Waals surface area contributed by atoms with E-state index in [0.29, 0.717) is 24.2 Å². The Kier molecular flexibility index (Phi) is 4.88. The molecule has 0 aromatic carbocycles. The van der Waals surface area contributed by atoms with Gasteiger partial charge in [0, 0.05) is 25.3 Å². The zero-order valence-electron chi connectivity index (χ0n) is 12.6. The van der Waals surface area contributed by atoms with Crippen LogP contribution in [0.5, 0.6) is 0 Å². The summed E-state index contributed by atoms with van der Waals surface area (Å²) in [6, 6.07) is 1.73. The summed E-state index contributed by atoms with van der Waals surface area (Å²) in [5.41, 5.74) is -0.479. The van der Waals surface area contributed by atoms with Crippen molar-refractivity contribution in [2.24, 2.45) is 0 Å². The van der Waals surface area contributed by atoms with E-state index < -0.39 is 5.60 Å². The third kappa shape index (κ3) is 5.04. The summed E-state index contributed by atoms with van der Waals surface area (Å²) in [7, 11) is 0. The summed E-state index contributed by atoms with van der Waals surface area (Å²) < 4.78 is 5.40. The van der Waals surface area contributed by atoms with Crippen molar-refractivity contribution in [1.29, 1.82) is 0 Å². The van der Waals surface area contributed by atoms with Crippen molar-refractivity contribution < 1.29 is 9.53 Å². The van der Waals surface area contributed by atoms with Crippen molar-refractivity contribution in [2.75, 3.05) is 18.4 Å². The first-order valence-electron chi connectivity index (χ1n) is 7.06. The molecule has 1 aromatic heterocycles. The lowest BCUT2D eigenvalue weighted by molar-refractivity contribution is 0.0206. The first-order chi connectivity index (χ1) is 9.83. The van der Waals surface area contributed by atoms with Crippen molar-refractivity contribution in [1.82, 2.24) is 14.9 Å². The molecule has 1 atom stereocenters. The Labute approximate surface area is 129 Å². The SMILES string of the molecule is CC(C)(C)OC(=O)N1CCC[C@@H](Nc2nccc(Cl)n2)C1. The predicted molar refractivity (Wildman–Crippen MR) is 81.5 cm³/mol. The van der Waals surface area contributed by atoms with Crippen LogP contribution in [-0.4, -0.2) is 45.7 Å². The van der Waals surface area contributed by atoms with E-state index in [1.165, 1.54) is 0 Å². The van der Waals surface area contributed by atoms with Crippen molar-refractivity contribution in [3.8, 4) is 0 Å². The molecule has 1 saturated heterocycles. The average Bonchev–Trinajstić information content (AvgIpc) is 2.37. The Morgan fingerprint density at radius 1 is 1.52 bits per heavy atom. The fourth-order valence-electron chi connectivity index (χ4n) is 2.18. The van der Waals surface area contributed by atoms with Crippen LogP contribution in [0.15, 0.2) is 12.3 Å². The van der Waals surface area contributed by atoms with E-state index in [1.54, 1.807) is 17.2 Å². The molecule has 6 nitrogen and oxygen atoms in total. The van der Waals surface area contributed by atoms with Gasteiger partial charge in [-0.15, -0.1) is 0 Å². The fourth-order valence-corrected chi connectivity index (χ4v) is 2.31. The van der Waals surface area contributed by atoms with Gasteiger partial charge in [0.05, 0.1) is 0 Å². The van der Waals surface area contributed by atoms with Gasteiger partial charge in [0.1, 0.15) is 10.8 Å². The monoisotopic (exact) mass is 312 g/mol. The van der Waals surface area contributed by atoms with E-state index in [9.17, 15) is 4.79 Å². The van der Waals surface area contributed by atoms with Crippen molar-refractivity contribution >= 4 is 23.6 Å². The van der Waals surface area contributed by atoms with Crippen LogP contribution in [0, 0.1) is 0 Å². The number of rotatable bonds is 2. The van der Waals surface area contributed by atoms with E-state index >= 15 is 0 Å². The molecule has 116 valence electrons. The largest absolute Gasteiger partial charge is 0.444 e. The summed E-state index contributed by atoms with van der Waals surface area (Å²) >= 11 is 5.84. The third-order valence-electron chi connectivity index (χ3n) is 3.03. The standard InChI is InChI=1S/C14H21ClN4O2/c1-14(2,3)21-13(20)19-8-4-5-10(9-19)17-12-16-7-6-11(15)18-12/h6-7,10H,4-5,8-9H2,1-3H3,(H,16,17,18)/t10-/m1/s1. The van der Waals surface area contributed by atoms with Crippen LogP contribution in [-0.2, 0) is 4.74 Å². The molecular formula is C14H21ClN4O2. The number of hydrogen-bond acceptors (Lipinski definition) is 5. The molecule has 21 heavy (non-hydrogen) atoms. The number of piperidine rings is 1. The van der Waals surface area contributed by atoms with Gasteiger partial charge in [-0.3, -0.25) is 0 Å². The maximum Gasteiger partial charge on any atom is 0.410 e. The van der Waals surface area contributed by atoms with Crippen LogP contribution in [0.4, 0.5) is 10.7 Å². The van der Waals surface area contributed by atoms with Gasteiger partial charge < -0.3 is 15.0 Å². The highest BCUT2D eigenvalue weighted by Crippen LogP contribution is 2.17. The van der Waals surface area contributed by atoms with Crippen molar-refractivity contribution in [2.45, 2.75) is 45.3 Å². The highest BCUT2D eigenvalue weighted by Gasteiger charge is 2.27. The van der Waals surface area contributed by atoms with Gasteiger partial charge in [0.2, 0.25) is 5.95 Å². The number of hydrogen-bond donors (Lipinski definition) is 1. The minimum absolute atomic E-state index is 0.102. The van der Waals surface area contributed by atoms with Crippen LogP contribution in [0.2, 0.25) is 5.15 Å². The van der Waals surface area contributed by atoms with Crippen LogP contribution in [0.1, 0.15) is 33.6 Å². The molecule has 1 N–H and O–H groups in total. The minimum atomic E-state index is -0.479. The quantitative estimate of drug-likeness (QED) is 0.850. The molecule has 0 spiro atoms. The van der Waals surface area contributed by atoms with Crippen LogP contribution < -0.4 is 5.32 Å².